The van der Waals surface area contributed by atoms with E-state index in [-0.39, 0.29) is 0 Å². The van der Waals surface area contributed by atoms with E-state index in [0.717, 1.165) is 18.5 Å². The van der Waals surface area contributed by atoms with Crippen molar-refractivity contribution in [3.05, 3.63) is 11.5 Å². The van der Waals surface area contributed by atoms with Crippen molar-refractivity contribution >= 4 is 10.0 Å². The molecule has 0 aromatic heterocycles. The van der Waals surface area contributed by atoms with Gasteiger partial charge in [-0.25, -0.2) is 13.6 Å². The molecule has 1 heterocycles. The first-order chi connectivity index (χ1) is 4.58. The van der Waals surface area contributed by atoms with Gasteiger partial charge in [0.25, 0.3) is 0 Å². The minimum atomic E-state index is -3.40. The van der Waals surface area contributed by atoms with Crippen molar-refractivity contribution in [2.75, 3.05) is 13.1 Å². The van der Waals surface area contributed by atoms with Gasteiger partial charge in [0, 0.05) is 24.4 Å². The Hall–Kier alpha value is -0.390. The van der Waals surface area contributed by atoms with Gasteiger partial charge in [-0.1, -0.05) is 6.08 Å². The van der Waals surface area contributed by atoms with Crippen LogP contribution in [0, 0.1) is 5.92 Å². The number of hydrogen-bond donors (Lipinski definition) is 2. The highest BCUT2D eigenvalue weighted by atomic mass is 32.2. The van der Waals surface area contributed by atoms with Gasteiger partial charge in [-0.05, 0) is 0 Å². The zero-order valence-corrected chi connectivity index (χ0v) is 6.26. The molecule has 1 aliphatic heterocycles. The Labute approximate surface area is 60.2 Å². The molecule has 1 aliphatic rings. The van der Waals surface area contributed by atoms with Crippen LogP contribution < -0.4 is 10.5 Å². The molecule has 0 aromatic carbocycles. The van der Waals surface area contributed by atoms with Crippen molar-refractivity contribution in [2.45, 2.75) is 0 Å². The van der Waals surface area contributed by atoms with Gasteiger partial charge in [0.2, 0.25) is 10.0 Å². The molecule has 1 saturated heterocycles. The summed E-state index contributed by atoms with van der Waals surface area (Å²) < 4.78 is 20.7. The standard InChI is InChI=1S/C5H10N2O2S/c6-10(8,9)2-1-5-3-7-4-5/h1-2,5,7H,3-4H2,(H2,6,8,9). The molecule has 4 nitrogen and oxygen atoms in total. The molecule has 10 heavy (non-hydrogen) atoms. The van der Waals surface area contributed by atoms with E-state index in [0.29, 0.717) is 5.92 Å². The molecule has 0 saturated carbocycles. The van der Waals surface area contributed by atoms with Crippen LogP contribution >= 0.6 is 0 Å². The second kappa shape index (κ2) is 2.69. The van der Waals surface area contributed by atoms with E-state index in [4.69, 9.17) is 5.14 Å². The van der Waals surface area contributed by atoms with Crippen LogP contribution in [-0.2, 0) is 10.0 Å². The van der Waals surface area contributed by atoms with E-state index in [1.165, 1.54) is 0 Å². The second-order valence-electron chi connectivity index (χ2n) is 2.34. The van der Waals surface area contributed by atoms with Gasteiger partial charge in [-0.3, -0.25) is 0 Å². The average molecular weight is 162 g/mol. The minimum Gasteiger partial charge on any atom is -0.315 e. The van der Waals surface area contributed by atoms with Crippen LogP contribution in [0.3, 0.4) is 0 Å². The largest absolute Gasteiger partial charge is 0.315 e. The van der Waals surface area contributed by atoms with Crippen molar-refractivity contribution < 1.29 is 8.42 Å². The molecule has 0 bridgehead atoms. The Morgan fingerprint density at radius 1 is 1.50 bits per heavy atom. The normalized spacial score (nSPS) is 21.3. The Morgan fingerprint density at radius 2 is 2.10 bits per heavy atom. The van der Waals surface area contributed by atoms with Crippen LogP contribution in [0.15, 0.2) is 11.5 Å². The summed E-state index contributed by atoms with van der Waals surface area (Å²) in [6.07, 6.45) is 1.62. The number of rotatable bonds is 2. The Bertz CT molecular complexity index is 228. The topological polar surface area (TPSA) is 72.2 Å². The molecule has 0 radical (unpaired) electrons. The van der Waals surface area contributed by atoms with Crippen LogP contribution in [0.2, 0.25) is 0 Å². The molecule has 58 valence electrons. The van der Waals surface area contributed by atoms with Crippen molar-refractivity contribution in [1.82, 2.24) is 5.32 Å². The maximum absolute atomic E-state index is 10.3. The fraction of sp³-hybridized carbons (Fsp3) is 0.600. The number of nitrogens with two attached hydrogens (primary N) is 1. The van der Waals surface area contributed by atoms with Crippen molar-refractivity contribution in [2.24, 2.45) is 11.1 Å². The van der Waals surface area contributed by atoms with E-state index in [9.17, 15) is 8.42 Å². The number of nitrogens with one attached hydrogen (secondary N) is 1. The van der Waals surface area contributed by atoms with E-state index < -0.39 is 10.0 Å². The van der Waals surface area contributed by atoms with Gasteiger partial charge in [0.1, 0.15) is 0 Å². The summed E-state index contributed by atoms with van der Waals surface area (Å²) in [6.45, 7) is 1.71. The summed E-state index contributed by atoms with van der Waals surface area (Å²) >= 11 is 0. The van der Waals surface area contributed by atoms with E-state index >= 15 is 0 Å². The van der Waals surface area contributed by atoms with E-state index in [1.54, 1.807) is 6.08 Å². The average Bonchev–Trinajstić information content (AvgIpc) is 1.56. The number of primary sulfonamides is 1. The first-order valence-electron chi connectivity index (χ1n) is 3.00. The lowest BCUT2D eigenvalue weighted by Gasteiger charge is -2.23. The molecule has 0 aliphatic carbocycles. The smallest absolute Gasteiger partial charge is 0.230 e. The van der Waals surface area contributed by atoms with Gasteiger partial charge >= 0.3 is 0 Å². The third-order valence-electron chi connectivity index (χ3n) is 1.35. The highest BCUT2D eigenvalue weighted by Crippen LogP contribution is 2.04. The third kappa shape index (κ3) is 2.47. The highest BCUT2D eigenvalue weighted by Gasteiger charge is 2.12. The van der Waals surface area contributed by atoms with Gasteiger partial charge < -0.3 is 5.32 Å². The van der Waals surface area contributed by atoms with Crippen molar-refractivity contribution in [1.29, 1.82) is 0 Å². The minimum absolute atomic E-state index is 0.346. The fourth-order valence-electron chi connectivity index (χ4n) is 0.668. The zero-order chi connectivity index (χ0) is 7.61. The van der Waals surface area contributed by atoms with Crippen molar-refractivity contribution in [3.8, 4) is 0 Å². The lowest BCUT2D eigenvalue weighted by atomic mass is 10.1. The van der Waals surface area contributed by atoms with E-state index in [1.807, 2.05) is 0 Å². The molecule has 0 aromatic rings. The Morgan fingerprint density at radius 3 is 2.40 bits per heavy atom. The molecule has 3 N–H and O–H groups in total. The SMILES string of the molecule is NS(=O)(=O)C=CC1CNC1. The van der Waals surface area contributed by atoms with Crippen LogP contribution in [-0.4, -0.2) is 21.5 Å². The Balaban J connectivity index is 2.43. The van der Waals surface area contributed by atoms with Crippen LogP contribution in [0.4, 0.5) is 0 Å². The first kappa shape index (κ1) is 7.71. The first-order valence-corrected chi connectivity index (χ1v) is 4.60. The van der Waals surface area contributed by atoms with E-state index in [2.05, 4.69) is 5.32 Å². The zero-order valence-electron chi connectivity index (χ0n) is 5.45. The predicted octanol–water partition coefficient (Wildman–Crippen LogP) is -0.992. The van der Waals surface area contributed by atoms with Gasteiger partial charge in [-0.15, -0.1) is 0 Å². The maximum atomic E-state index is 10.3. The van der Waals surface area contributed by atoms with Gasteiger partial charge in [0.05, 0.1) is 0 Å². The lowest BCUT2D eigenvalue weighted by Crippen LogP contribution is -2.40. The third-order valence-corrected chi connectivity index (χ3v) is 1.89. The quantitative estimate of drug-likeness (QED) is 0.547. The summed E-state index contributed by atoms with van der Waals surface area (Å²) in [6, 6.07) is 0. The molecular formula is C5H10N2O2S. The highest BCUT2D eigenvalue weighted by molar-refractivity contribution is 7.92. The van der Waals surface area contributed by atoms with Crippen LogP contribution in [0.25, 0.3) is 0 Å². The van der Waals surface area contributed by atoms with Gasteiger partial charge in [-0.2, -0.15) is 0 Å². The molecule has 5 heteroatoms. The van der Waals surface area contributed by atoms with Crippen LogP contribution in [0.1, 0.15) is 0 Å². The summed E-state index contributed by atoms with van der Waals surface area (Å²) in [5, 5.41) is 8.79. The number of sulfonamides is 1. The van der Waals surface area contributed by atoms with Crippen LogP contribution in [0.5, 0.6) is 0 Å². The van der Waals surface area contributed by atoms with Gasteiger partial charge in [0.15, 0.2) is 0 Å². The predicted molar refractivity (Wildman–Crippen MR) is 38.6 cm³/mol. The molecular weight excluding hydrogens is 152 g/mol. The fourth-order valence-corrected chi connectivity index (χ4v) is 1.11. The molecule has 0 amide bonds. The molecule has 0 unspecified atom stereocenters. The molecule has 1 rings (SSSR count). The lowest BCUT2D eigenvalue weighted by molar-refractivity contribution is 0.419. The second-order valence-corrected chi connectivity index (χ2v) is 3.79. The summed E-state index contributed by atoms with van der Waals surface area (Å²) in [4.78, 5) is 0. The van der Waals surface area contributed by atoms with Crippen molar-refractivity contribution in [3.63, 3.8) is 0 Å². The molecule has 1 fully saturated rings. The summed E-state index contributed by atoms with van der Waals surface area (Å²) in [7, 11) is -3.40. The monoisotopic (exact) mass is 162 g/mol. The Kier molecular flexibility index (Phi) is 2.08. The molecule has 0 atom stereocenters. The summed E-state index contributed by atoms with van der Waals surface area (Å²) in [5.74, 6) is 0.346. The number of hydrogen-bond acceptors (Lipinski definition) is 3. The molecule has 0 spiro atoms. The summed E-state index contributed by atoms with van der Waals surface area (Å²) in [5.41, 5.74) is 0. The maximum Gasteiger partial charge on any atom is 0.230 e.